The molecule has 0 aromatic carbocycles. The molecule has 0 N–H and O–H groups in total. The lowest BCUT2D eigenvalue weighted by Gasteiger charge is -2.35. The van der Waals surface area contributed by atoms with Gasteiger partial charge in [-0.05, 0) is 102 Å². The minimum Gasteiger partial charge on any atom is -0.275 e. The SMILES string of the molecule is CC/C=C/CCC1CCC(CCCCCCCCN2C(=O)C=CC2=O)C(CCCCCCCCN2C(=O)C=CC2=O)=C1CCC/C=C/CCC. The maximum atomic E-state index is 11.8. The van der Waals surface area contributed by atoms with Gasteiger partial charge in [0.1, 0.15) is 0 Å². The average Bonchev–Trinajstić information content (AvgIpc) is 3.61. The lowest BCUT2D eigenvalue weighted by molar-refractivity contribution is -0.138. The molecule has 0 radical (unpaired) electrons. The molecular weight excluding hydrogens is 620 g/mol. The van der Waals surface area contributed by atoms with E-state index < -0.39 is 0 Å². The van der Waals surface area contributed by atoms with Crippen LogP contribution in [-0.4, -0.2) is 46.5 Å². The number of nitrogens with zero attached hydrogens (tertiary/aromatic N) is 2. The largest absolute Gasteiger partial charge is 0.275 e. The van der Waals surface area contributed by atoms with E-state index in [1.807, 2.05) is 11.1 Å². The molecule has 4 amide bonds. The van der Waals surface area contributed by atoms with E-state index in [-0.39, 0.29) is 23.6 Å². The van der Waals surface area contributed by atoms with E-state index in [1.54, 1.807) is 0 Å². The summed E-state index contributed by atoms with van der Waals surface area (Å²) in [6.07, 6.45) is 43.7. The van der Waals surface area contributed by atoms with E-state index in [1.165, 1.54) is 150 Å². The van der Waals surface area contributed by atoms with Gasteiger partial charge in [-0.2, -0.15) is 0 Å². The van der Waals surface area contributed by atoms with Crippen LogP contribution in [0.25, 0.3) is 0 Å². The summed E-state index contributed by atoms with van der Waals surface area (Å²) >= 11 is 0. The Morgan fingerprint density at radius 2 is 0.940 bits per heavy atom. The molecule has 2 atom stereocenters. The van der Waals surface area contributed by atoms with Gasteiger partial charge in [-0.1, -0.05) is 114 Å². The van der Waals surface area contributed by atoms with Crippen molar-refractivity contribution in [2.75, 3.05) is 13.1 Å². The van der Waals surface area contributed by atoms with Crippen LogP contribution in [0.3, 0.4) is 0 Å². The smallest absolute Gasteiger partial charge is 0.253 e. The topological polar surface area (TPSA) is 74.8 Å². The molecule has 3 aliphatic rings. The van der Waals surface area contributed by atoms with Crippen LogP contribution in [0, 0.1) is 11.8 Å². The minimum atomic E-state index is -0.166. The summed E-state index contributed by atoms with van der Waals surface area (Å²) in [4.78, 5) is 49.9. The summed E-state index contributed by atoms with van der Waals surface area (Å²) < 4.78 is 0. The molecule has 278 valence electrons. The molecule has 0 aromatic heterocycles. The fourth-order valence-electron chi connectivity index (χ4n) is 8.00. The Bertz CT molecular complexity index is 1170. The first-order valence-electron chi connectivity index (χ1n) is 20.5. The number of hydrogen-bond acceptors (Lipinski definition) is 4. The van der Waals surface area contributed by atoms with E-state index in [0.717, 1.165) is 50.4 Å². The molecule has 0 saturated heterocycles. The van der Waals surface area contributed by atoms with E-state index in [0.29, 0.717) is 13.1 Å². The first kappa shape index (κ1) is 41.4. The van der Waals surface area contributed by atoms with Crippen molar-refractivity contribution in [2.45, 2.75) is 168 Å². The fraction of sp³-hybridized carbons (Fsp3) is 0.682. The zero-order chi connectivity index (χ0) is 35.8. The maximum Gasteiger partial charge on any atom is 0.253 e. The van der Waals surface area contributed by atoms with Crippen LogP contribution in [-0.2, 0) is 19.2 Å². The van der Waals surface area contributed by atoms with Crippen molar-refractivity contribution < 1.29 is 19.2 Å². The summed E-state index contributed by atoms with van der Waals surface area (Å²) in [5.74, 6) is 0.801. The summed E-state index contributed by atoms with van der Waals surface area (Å²) in [5, 5.41) is 0. The van der Waals surface area contributed by atoms with Crippen molar-refractivity contribution in [3.05, 3.63) is 59.8 Å². The number of rotatable bonds is 28. The summed E-state index contributed by atoms with van der Waals surface area (Å²) in [7, 11) is 0. The van der Waals surface area contributed by atoms with Gasteiger partial charge in [0.05, 0.1) is 0 Å². The Kier molecular flexibility index (Phi) is 20.7. The summed E-state index contributed by atoms with van der Waals surface area (Å²) in [6, 6.07) is 0. The third-order valence-electron chi connectivity index (χ3n) is 10.8. The number of imide groups is 2. The van der Waals surface area contributed by atoms with Gasteiger partial charge in [0.2, 0.25) is 0 Å². The maximum absolute atomic E-state index is 11.8. The van der Waals surface area contributed by atoms with Gasteiger partial charge in [-0.3, -0.25) is 29.0 Å². The van der Waals surface area contributed by atoms with Gasteiger partial charge in [0.15, 0.2) is 0 Å². The zero-order valence-electron chi connectivity index (χ0n) is 31.7. The molecule has 6 nitrogen and oxygen atoms in total. The van der Waals surface area contributed by atoms with Gasteiger partial charge in [0.25, 0.3) is 23.6 Å². The van der Waals surface area contributed by atoms with Crippen LogP contribution >= 0.6 is 0 Å². The van der Waals surface area contributed by atoms with Crippen molar-refractivity contribution in [2.24, 2.45) is 11.8 Å². The Hall–Kier alpha value is -3.02. The highest BCUT2D eigenvalue weighted by Crippen LogP contribution is 2.43. The second-order valence-corrected chi connectivity index (χ2v) is 14.7. The molecule has 0 saturated carbocycles. The van der Waals surface area contributed by atoms with Gasteiger partial charge < -0.3 is 0 Å². The second-order valence-electron chi connectivity index (χ2n) is 14.7. The molecule has 50 heavy (non-hydrogen) atoms. The van der Waals surface area contributed by atoms with E-state index >= 15 is 0 Å². The molecule has 2 heterocycles. The van der Waals surface area contributed by atoms with E-state index in [2.05, 4.69) is 38.2 Å². The number of allylic oxidation sites excluding steroid dienone is 6. The van der Waals surface area contributed by atoms with Crippen LogP contribution in [0.5, 0.6) is 0 Å². The molecule has 0 fully saturated rings. The molecule has 1 aliphatic carbocycles. The molecule has 2 unspecified atom stereocenters. The van der Waals surface area contributed by atoms with E-state index in [4.69, 9.17) is 0 Å². The molecule has 6 heteroatoms. The van der Waals surface area contributed by atoms with Gasteiger partial charge in [-0.15, -0.1) is 0 Å². The van der Waals surface area contributed by atoms with Crippen LogP contribution < -0.4 is 0 Å². The first-order valence-corrected chi connectivity index (χ1v) is 20.5. The third-order valence-corrected chi connectivity index (χ3v) is 10.8. The Morgan fingerprint density at radius 1 is 0.500 bits per heavy atom. The van der Waals surface area contributed by atoms with Crippen molar-refractivity contribution in [1.29, 1.82) is 0 Å². The van der Waals surface area contributed by atoms with Crippen molar-refractivity contribution >= 4 is 23.6 Å². The summed E-state index contributed by atoms with van der Waals surface area (Å²) in [6.45, 7) is 5.56. The molecule has 0 spiro atoms. The molecule has 0 aromatic rings. The molecule has 0 bridgehead atoms. The number of amides is 4. The normalized spacial score (nSPS) is 19.6. The molecule has 3 rings (SSSR count). The quantitative estimate of drug-likeness (QED) is 0.0466. The predicted molar refractivity (Wildman–Crippen MR) is 206 cm³/mol. The van der Waals surface area contributed by atoms with Gasteiger partial charge in [-0.25, -0.2) is 0 Å². The highest BCUT2D eigenvalue weighted by atomic mass is 16.2. The van der Waals surface area contributed by atoms with Crippen LogP contribution in [0.15, 0.2) is 59.8 Å². The standard InChI is InChI=1S/C44H68N2O4/c1-3-5-7-9-15-21-27-39-37(25-19-8-6-4-2)29-30-38(26-20-14-10-12-17-23-35-45-41(47)31-32-42(45)48)40(39)28-22-16-11-13-18-24-36-46-43(49)33-34-44(46)50/h6-9,31-34,37-38H,3-5,10-30,35-36H2,1-2H3/b8-6+,9-7+. The lowest BCUT2D eigenvalue weighted by Crippen LogP contribution is -2.30. The molecule has 2 aliphatic heterocycles. The molecular formula is C44H68N2O4. The van der Waals surface area contributed by atoms with Crippen LogP contribution in [0.2, 0.25) is 0 Å². The number of hydrogen-bond donors (Lipinski definition) is 0. The van der Waals surface area contributed by atoms with Crippen LogP contribution in [0.1, 0.15) is 168 Å². The van der Waals surface area contributed by atoms with Crippen molar-refractivity contribution in [1.82, 2.24) is 9.80 Å². The van der Waals surface area contributed by atoms with Crippen molar-refractivity contribution in [3.8, 4) is 0 Å². The Labute approximate surface area is 304 Å². The minimum absolute atomic E-state index is 0.165. The third kappa shape index (κ3) is 15.1. The second kappa shape index (κ2) is 25.0. The number of unbranched alkanes of at least 4 members (excludes halogenated alkanes) is 12. The summed E-state index contributed by atoms with van der Waals surface area (Å²) in [5.41, 5.74) is 3.65. The van der Waals surface area contributed by atoms with Gasteiger partial charge in [0, 0.05) is 37.4 Å². The monoisotopic (exact) mass is 689 g/mol. The number of carbonyl (C=O) groups is 4. The number of carbonyl (C=O) groups excluding carboxylic acids is 4. The Morgan fingerprint density at radius 3 is 1.48 bits per heavy atom. The predicted octanol–water partition coefficient (Wildman–Crippen LogP) is 10.9. The average molecular weight is 689 g/mol. The highest BCUT2D eigenvalue weighted by molar-refractivity contribution is 6.13. The van der Waals surface area contributed by atoms with Crippen LogP contribution in [0.4, 0.5) is 0 Å². The lowest BCUT2D eigenvalue weighted by atomic mass is 9.70. The van der Waals surface area contributed by atoms with Crippen molar-refractivity contribution in [3.63, 3.8) is 0 Å². The fourth-order valence-corrected chi connectivity index (χ4v) is 8.00. The highest BCUT2D eigenvalue weighted by Gasteiger charge is 2.29. The Balaban J connectivity index is 1.51. The van der Waals surface area contributed by atoms with Gasteiger partial charge >= 0.3 is 0 Å². The van der Waals surface area contributed by atoms with E-state index in [9.17, 15) is 19.2 Å². The zero-order valence-corrected chi connectivity index (χ0v) is 31.7. The first-order chi connectivity index (χ1) is 24.5.